The smallest absolute Gasteiger partial charge is 0.726 e. The first kappa shape index (κ1) is 67.2. The van der Waals surface area contributed by atoms with Crippen LogP contribution >= 0.6 is 0 Å². The molecule has 0 amide bonds. The second-order valence-corrected chi connectivity index (χ2v) is 27.4. The van der Waals surface area contributed by atoms with Gasteiger partial charge >= 0.3 is 35.5 Å². The minimum atomic E-state index is -5.43. The number of carbonyl (C=O) groups is 1. The number of cyclic esters (lactones) is 1. The normalized spacial score (nSPS) is 51.2. The van der Waals surface area contributed by atoms with E-state index in [0.717, 1.165) is 5.57 Å². The fourth-order valence-corrected chi connectivity index (χ4v) is 16.9. The largest absolute Gasteiger partial charge is 1.00 e. The molecule has 28 heteroatoms. The molecule has 11 N–H and O–H groups in total. The molecule has 82 heavy (non-hydrogen) atoms. The molecule has 0 bridgehead atoms. The van der Waals surface area contributed by atoms with Crippen LogP contribution < -0.4 is 29.6 Å². The molecule has 3 saturated carbocycles. The van der Waals surface area contributed by atoms with Crippen molar-refractivity contribution in [1.29, 1.82) is 0 Å². The fraction of sp³-hybridized carbons (Fsp3) is 0.944. The number of carbonyl (C=O) groups excluding carboxylic acids is 1. The van der Waals surface area contributed by atoms with Crippen LogP contribution in [0.4, 0.5) is 0 Å². The third kappa shape index (κ3) is 11.1. The molecule has 5 saturated heterocycles. The molecular formula is C54H87NaO26S. The Morgan fingerprint density at radius 3 is 1.98 bits per heavy atom. The summed E-state index contributed by atoms with van der Waals surface area (Å²) >= 11 is 0. The van der Waals surface area contributed by atoms with Crippen molar-refractivity contribution in [3.63, 3.8) is 0 Å². The molecule has 26 nitrogen and oxygen atoms in total. The van der Waals surface area contributed by atoms with Crippen LogP contribution in [0.25, 0.3) is 0 Å². The van der Waals surface area contributed by atoms with Crippen LogP contribution in [0.3, 0.4) is 0 Å². The molecule has 4 aliphatic carbocycles. The van der Waals surface area contributed by atoms with E-state index in [-0.39, 0.29) is 47.8 Å². The van der Waals surface area contributed by atoms with Gasteiger partial charge in [0.15, 0.2) is 25.2 Å². The maximum atomic E-state index is 14.5. The van der Waals surface area contributed by atoms with Gasteiger partial charge < -0.3 is 108 Å². The molecule has 5 aliphatic heterocycles. The maximum Gasteiger partial charge on any atom is 1.00 e. The van der Waals surface area contributed by atoms with E-state index in [1.165, 1.54) is 21.0 Å². The van der Waals surface area contributed by atoms with Gasteiger partial charge in [0.2, 0.25) is 10.4 Å². The van der Waals surface area contributed by atoms with Gasteiger partial charge in [0.05, 0.1) is 43.2 Å². The molecule has 0 aromatic rings. The second kappa shape index (κ2) is 23.9. The summed E-state index contributed by atoms with van der Waals surface area (Å²) in [5.74, 6) is -0.973. The van der Waals surface area contributed by atoms with E-state index < -0.39 is 197 Å². The van der Waals surface area contributed by atoms with Crippen LogP contribution in [0.2, 0.25) is 0 Å². The van der Waals surface area contributed by atoms with E-state index in [1.807, 2.05) is 20.8 Å². The van der Waals surface area contributed by atoms with E-state index in [0.29, 0.717) is 51.4 Å². The minimum Gasteiger partial charge on any atom is -0.726 e. The number of allylic oxidation sites excluding steroid dienone is 1. The van der Waals surface area contributed by atoms with Gasteiger partial charge in [-0.3, -0.25) is 8.98 Å². The van der Waals surface area contributed by atoms with Gasteiger partial charge in [0, 0.05) is 7.11 Å². The van der Waals surface area contributed by atoms with E-state index >= 15 is 0 Å². The van der Waals surface area contributed by atoms with Crippen LogP contribution in [0.5, 0.6) is 0 Å². The number of aliphatic hydroxyl groups is 11. The molecule has 0 aromatic carbocycles. The molecule has 9 aliphatic rings. The van der Waals surface area contributed by atoms with E-state index in [4.69, 9.17) is 47.4 Å². The molecule has 9 rings (SSSR count). The molecule has 466 valence electrons. The number of ether oxygens (including phenoxy) is 10. The van der Waals surface area contributed by atoms with Gasteiger partial charge in [-0.15, -0.1) is 0 Å². The average molecular weight is 1210 g/mol. The maximum absolute atomic E-state index is 14.5. The SMILES string of the molecule is COC1C(O)C(CO)OC(OC2C(O)C(C)OC(OC3C(C)OC(OC4C(OC5CC[C@]6(C)C7=C[C@H](O)C89C(=O)O[C@@](C)(CCCC(C)(C)O)[C@@]8(O)CC[C@@]9(C)C7CCC6C5(C)C)OCC(OS(=O)(=O)[O-])C4O)C(O)C3O)C2O)C1O.[Na+]. The number of esters is 1. The molecule has 0 aromatic heterocycles. The average Bonchev–Trinajstić information content (AvgIpc) is 3.91. The summed E-state index contributed by atoms with van der Waals surface area (Å²) in [4.78, 5) is 14.5. The molecule has 8 fully saturated rings. The van der Waals surface area contributed by atoms with E-state index in [9.17, 15) is 73.9 Å². The van der Waals surface area contributed by atoms with Crippen molar-refractivity contribution in [3.05, 3.63) is 11.6 Å². The van der Waals surface area contributed by atoms with Crippen LogP contribution in [0.1, 0.15) is 120 Å². The number of methoxy groups -OCH3 is 1. The summed E-state index contributed by atoms with van der Waals surface area (Å²) in [6.07, 6.45) is -27.2. The Morgan fingerprint density at radius 1 is 0.732 bits per heavy atom. The standard InChI is InChI=1S/C54H88O26S.Na/c1-23-32(57)41(77-45-37(62)40(70-10)33(58)27(21-55)74-45)38(63)44(72-23)76-39-24(2)73-43(36(61)35(39)60)78-42-34(59)28(80-81(67,68)69)22-71-46(42)75-31-14-17-50(7)26-20-30(56)54-47(64)79-52(9,16-11-15-48(3,4)65)53(54,66)19-18-51(54,8)25(26)12-13-29(50)49(31,5)6;/h20,23-25,27-46,55-63,65-66H,11-19,21-22H2,1-10H3,(H,67,68,69);/q;+1/p-1/t23?,24?,25?,27?,28?,29?,30-,31?,32?,33?,34?,35?,36?,37?,38?,39?,40?,41?,42?,43?,44?,45?,46?,50+,51-,52-,53-,54?;/m0./s1. The first-order chi connectivity index (χ1) is 37.6. The van der Waals surface area contributed by atoms with Crippen molar-refractivity contribution in [2.24, 2.45) is 33.5 Å². The summed E-state index contributed by atoms with van der Waals surface area (Å²) in [5.41, 5.74) is -6.81. The Morgan fingerprint density at radius 2 is 1.34 bits per heavy atom. The van der Waals surface area contributed by atoms with Gasteiger partial charge in [-0.25, -0.2) is 8.42 Å². The van der Waals surface area contributed by atoms with Crippen molar-refractivity contribution in [2.45, 2.75) is 266 Å². The minimum absolute atomic E-state index is 0. The Labute approximate surface area is 500 Å². The van der Waals surface area contributed by atoms with Crippen molar-refractivity contribution in [2.75, 3.05) is 20.3 Å². The second-order valence-electron chi connectivity index (χ2n) is 26.3. The van der Waals surface area contributed by atoms with Crippen LogP contribution in [-0.2, 0) is 66.7 Å². The first-order valence-electron chi connectivity index (χ1n) is 28.4. The molecule has 28 atom stereocenters. The van der Waals surface area contributed by atoms with Crippen molar-refractivity contribution in [3.8, 4) is 0 Å². The molecule has 1 spiro atoms. The van der Waals surface area contributed by atoms with Gasteiger partial charge in [-0.05, 0) is 120 Å². The Bertz CT molecular complexity index is 2420. The fourth-order valence-electron chi connectivity index (χ4n) is 16.4. The van der Waals surface area contributed by atoms with Crippen LogP contribution in [0, 0.1) is 33.5 Å². The Hall–Kier alpha value is -0.720. The number of aliphatic hydroxyl groups excluding tert-OH is 9. The third-order valence-electron chi connectivity index (χ3n) is 20.7. The molecule has 0 radical (unpaired) electrons. The zero-order valence-electron chi connectivity index (χ0n) is 48.6. The molecule has 23 unspecified atom stereocenters. The van der Waals surface area contributed by atoms with Crippen LogP contribution in [0.15, 0.2) is 11.6 Å². The number of rotatable bonds is 16. The van der Waals surface area contributed by atoms with Gasteiger partial charge in [0.25, 0.3) is 0 Å². The summed E-state index contributed by atoms with van der Waals surface area (Å²) < 4.78 is 99.9. The monoisotopic (exact) mass is 1210 g/mol. The van der Waals surface area contributed by atoms with E-state index in [1.54, 1.807) is 26.8 Å². The number of hydrogen-bond donors (Lipinski definition) is 11. The zero-order valence-corrected chi connectivity index (χ0v) is 51.4. The quantitative estimate of drug-likeness (QED) is 0.0173. The zero-order chi connectivity index (χ0) is 59.7. The van der Waals surface area contributed by atoms with Gasteiger partial charge in [-0.1, -0.05) is 39.3 Å². The van der Waals surface area contributed by atoms with E-state index in [2.05, 4.69) is 11.1 Å². The summed E-state index contributed by atoms with van der Waals surface area (Å²) in [6, 6.07) is 0. The summed E-state index contributed by atoms with van der Waals surface area (Å²) in [7, 11) is -4.23. The Balaban J connectivity index is 0.00000880. The van der Waals surface area contributed by atoms with Crippen molar-refractivity contribution < 1.29 is 155 Å². The number of fused-ring (bicyclic) bond motifs is 4. The Kier molecular flexibility index (Phi) is 19.6. The van der Waals surface area contributed by atoms with Crippen molar-refractivity contribution in [1.82, 2.24) is 0 Å². The topological polar surface area (TPSA) is 398 Å². The summed E-state index contributed by atoms with van der Waals surface area (Å²) in [6.45, 7) is 14.8. The van der Waals surface area contributed by atoms with Gasteiger partial charge in [-0.2, -0.15) is 0 Å². The number of hydrogen-bond acceptors (Lipinski definition) is 26. The van der Waals surface area contributed by atoms with Crippen molar-refractivity contribution >= 4 is 16.4 Å². The predicted octanol–water partition coefficient (Wildman–Crippen LogP) is -4.59. The predicted molar refractivity (Wildman–Crippen MR) is 272 cm³/mol. The van der Waals surface area contributed by atoms with Crippen LogP contribution in [-0.4, -0.2) is 241 Å². The van der Waals surface area contributed by atoms with Gasteiger partial charge in [0.1, 0.15) is 96.0 Å². The molecular weight excluding hydrogens is 1120 g/mol. The third-order valence-corrected chi connectivity index (χ3v) is 21.2. The molecule has 5 heterocycles. The summed E-state index contributed by atoms with van der Waals surface area (Å²) in [5, 5.41) is 125. The first-order valence-corrected chi connectivity index (χ1v) is 29.7.